The number of furan rings is 1. The van der Waals surface area contributed by atoms with Crippen LogP contribution in [0, 0.1) is 0 Å². The molecule has 1 rings (SSSR count). The van der Waals surface area contributed by atoms with Gasteiger partial charge in [-0.1, -0.05) is 0 Å². The fraction of sp³-hybridized carbons (Fsp3) is 0.429. The number of hydrogen-bond donors (Lipinski definition) is 0. The van der Waals surface area contributed by atoms with Gasteiger partial charge in [0.15, 0.2) is 0 Å². The Hall–Kier alpha value is -0.810. The van der Waals surface area contributed by atoms with E-state index in [0.717, 1.165) is 5.56 Å². The van der Waals surface area contributed by atoms with Crippen LogP contribution in [0.1, 0.15) is 5.56 Å². The Morgan fingerprint density at radius 3 is 2.67 bits per heavy atom. The van der Waals surface area contributed by atoms with Crippen molar-refractivity contribution < 1.29 is 12.8 Å². The van der Waals surface area contributed by atoms with E-state index in [1.165, 1.54) is 30.1 Å². The summed E-state index contributed by atoms with van der Waals surface area (Å²) in [6.45, 7) is 0.356. The average Bonchev–Trinajstić information content (AvgIpc) is 2.37. The smallest absolute Gasteiger partial charge is 0.211 e. The van der Waals surface area contributed by atoms with Crippen molar-refractivity contribution in [1.82, 2.24) is 4.31 Å². The summed E-state index contributed by atoms with van der Waals surface area (Å²) in [6.07, 6.45) is 4.22. The van der Waals surface area contributed by atoms with Crippen LogP contribution in [0.3, 0.4) is 0 Å². The van der Waals surface area contributed by atoms with Crippen LogP contribution in [-0.2, 0) is 16.6 Å². The maximum absolute atomic E-state index is 11.0. The Morgan fingerprint density at radius 2 is 2.25 bits per heavy atom. The molecule has 1 aromatic heterocycles. The first-order valence-corrected chi connectivity index (χ1v) is 5.27. The van der Waals surface area contributed by atoms with E-state index in [1.54, 1.807) is 6.07 Å². The lowest BCUT2D eigenvalue weighted by Crippen LogP contribution is -2.24. The van der Waals surface area contributed by atoms with Gasteiger partial charge in [-0.25, -0.2) is 12.7 Å². The molecule has 68 valence electrons. The van der Waals surface area contributed by atoms with Crippen molar-refractivity contribution in [2.75, 3.05) is 13.3 Å². The molecule has 0 aliphatic rings. The molecule has 0 aliphatic carbocycles. The van der Waals surface area contributed by atoms with Gasteiger partial charge in [0.2, 0.25) is 10.0 Å². The molecule has 0 fully saturated rings. The second kappa shape index (κ2) is 3.28. The zero-order valence-electron chi connectivity index (χ0n) is 7.02. The van der Waals surface area contributed by atoms with Crippen LogP contribution in [0.2, 0.25) is 0 Å². The predicted octanol–water partition coefficient (Wildman–Crippen LogP) is 0.671. The maximum Gasteiger partial charge on any atom is 0.211 e. The quantitative estimate of drug-likeness (QED) is 0.702. The standard InChI is InChI=1S/C7H11NO3S/c1-8(12(2,9)10)5-7-3-4-11-6-7/h3-4,6H,5H2,1-2H3. The van der Waals surface area contributed by atoms with Gasteiger partial charge in [0.25, 0.3) is 0 Å². The van der Waals surface area contributed by atoms with Crippen molar-refractivity contribution in [3.63, 3.8) is 0 Å². The summed E-state index contributed by atoms with van der Waals surface area (Å²) < 4.78 is 28.0. The molecule has 0 radical (unpaired) electrons. The minimum Gasteiger partial charge on any atom is -0.472 e. The Balaban J connectivity index is 2.66. The first-order chi connectivity index (χ1) is 5.50. The van der Waals surface area contributed by atoms with Crippen LogP contribution in [-0.4, -0.2) is 26.0 Å². The molecule has 0 atom stereocenters. The molecule has 1 heterocycles. The van der Waals surface area contributed by atoms with Crippen LogP contribution in [0.25, 0.3) is 0 Å². The molecule has 0 aromatic carbocycles. The zero-order chi connectivity index (χ0) is 9.19. The Bertz CT molecular complexity index is 328. The van der Waals surface area contributed by atoms with Gasteiger partial charge in [0.1, 0.15) is 0 Å². The zero-order valence-corrected chi connectivity index (χ0v) is 7.84. The van der Waals surface area contributed by atoms with E-state index in [2.05, 4.69) is 0 Å². The molecule has 0 saturated heterocycles. The van der Waals surface area contributed by atoms with Crippen molar-refractivity contribution in [2.24, 2.45) is 0 Å². The molecule has 0 bridgehead atoms. The lowest BCUT2D eigenvalue weighted by molar-refractivity contribution is 0.468. The van der Waals surface area contributed by atoms with Crippen LogP contribution in [0.4, 0.5) is 0 Å². The van der Waals surface area contributed by atoms with Gasteiger partial charge in [-0.3, -0.25) is 0 Å². The second-order valence-electron chi connectivity index (χ2n) is 2.65. The second-order valence-corrected chi connectivity index (χ2v) is 4.74. The van der Waals surface area contributed by atoms with Crippen LogP contribution in [0.15, 0.2) is 23.0 Å². The minimum atomic E-state index is -3.09. The molecule has 0 amide bonds. The van der Waals surface area contributed by atoms with Gasteiger partial charge < -0.3 is 4.42 Å². The van der Waals surface area contributed by atoms with Gasteiger partial charge in [0, 0.05) is 19.2 Å². The van der Waals surface area contributed by atoms with E-state index >= 15 is 0 Å². The van der Waals surface area contributed by atoms with Crippen LogP contribution in [0.5, 0.6) is 0 Å². The summed E-state index contributed by atoms with van der Waals surface area (Å²) in [5.41, 5.74) is 0.850. The molecule has 0 spiro atoms. The topological polar surface area (TPSA) is 50.5 Å². The maximum atomic E-state index is 11.0. The Labute approximate surface area is 71.8 Å². The van der Waals surface area contributed by atoms with E-state index in [9.17, 15) is 8.42 Å². The molecular weight excluding hydrogens is 178 g/mol. The molecule has 5 heteroatoms. The number of nitrogens with zero attached hydrogens (tertiary/aromatic N) is 1. The first kappa shape index (κ1) is 9.28. The summed E-state index contributed by atoms with van der Waals surface area (Å²) in [7, 11) is -1.56. The van der Waals surface area contributed by atoms with Gasteiger partial charge in [-0.2, -0.15) is 0 Å². The molecule has 0 aliphatic heterocycles. The third-order valence-electron chi connectivity index (χ3n) is 1.55. The SMILES string of the molecule is CN(Cc1ccoc1)S(C)(=O)=O. The Morgan fingerprint density at radius 1 is 1.58 bits per heavy atom. The lowest BCUT2D eigenvalue weighted by atomic mass is 10.3. The van der Waals surface area contributed by atoms with Crippen molar-refractivity contribution >= 4 is 10.0 Å². The summed E-state index contributed by atoms with van der Waals surface area (Å²) in [6, 6.07) is 1.74. The van der Waals surface area contributed by atoms with Crippen LogP contribution < -0.4 is 0 Å². The highest BCUT2D eigenvalue weighted by molar-refractivity contribution is 7.88. The van der Waals surface area contributed by atoms with Crippen LogP contribution >= 0.6 is 0 Å². The monoisotopic (exact) mass is 189 g/mol. The highest BCUT2D eigenvalue weighted by Crippen LogP contribution is 2.05. The summed E-state index contributed by atoms with van der Waals surface area (Å²) in [5.74, 6) is 0. The normalized spacial score (nSPS) is 12.2. The number of rotatable bonds is 3. The van der Waals surface area contributed by atoms with E-state index in [-0.39, 0.29) is 0 Å². The van der Waals surface area contributed by atoms with Crippen molar-refractivity contribution in [3.8, 4) is 0 Å². The van der Waals surface area contributed by atoms with E-state index in [4.69, 9.17) is 4.42 Å². The highest BCUT2D eigenvalue weighted by atomic mass is 32.2. The highest BCUT2D eigenvalue weighted by Gasteiger charge is 2.11. The number of hydrogen-bond acceptors (Lipinski definition) is 3. The fourth-order valence-corrected chi connectivity index (χ4v) is 1.14. The fourth-order valence-electron chi connectivity index (χ4n) is 0.757. The van der Waals surface area contributed by atoms with E-state index in [1.807, 2.05) is 0 Å². The van der Waals surface area contributed by atoms with Crippen molar-refractivity contribution in [1.29, 1.82) is 0 Å². The third kappa shape index (κ3) is 2.35. The van der Waals surface area contributed by atoms with Gasteiger partial charge >= 0.3 is 0 Å². The predicted molar refractivity (Wildman–Crippen MR) is 45.0 cm³/mol. The molecule has 1 aromatic rings. The minimum absolute atomic E-state index is 0.356. The van der Waals surface area contributed by atoms with Gasteiger partial charge in [-0.15, -0.1) is 0 Å². The van der Waals surface area contributed by atoms with Crippen molar-refractivity contribution in [2.45, 2.75) is 6.54 Å². The molecule has 12 heavy (non-hydrogen) atoms. The summed E-state index contributed by atoms with van der Waals surface area (Å²) in [5, 5.41) is 0. The lowest BCUT2D eigenvalue weighted by Gasteiger charge is -2.11. The van der Waals surface area contributed by atoms with Crippen molar-refractivity contribution in [3.05, 3.63) is 24.2 Å². The third-order valence-corrected chi connectivity index (χ3v) is 2.81. The summed E-state index contributed by atoms with van der Waals surface area (Å²) >= 11 is 0. The molecule has 0 unspecified atom stereocenters. The Kier molecular flexibility index (Phi) is 2.54. The van der Waals surface area contributed by atoms with Gasteiger partial charge in [0.05, 0.1) is 18.8 Å². The number of sulfonamides is 1. The summed E-state index contributed by atoms with van der Waals surface area (Å²) in [4.78, 5) is 0. The first-order valence-electron chi connectivity index (χ1n) is 3.42. The molecule has 0 N–H and O–H groups in total. The molecule has 4 nitrogen and oxygen atoms in total. The average molecular weight is 189 g/mol. The molecule has 0 saturated carbocycles. The largest absolute Gasteiger partial charge is 0.472 e. The van der Waals surface area contributed by atoms with E-state index in [0.29, 0.717) is 6.54 Å². The van der Waals surface area contributed by atoms with Gasteiger partial charge in [-0.05, 0) is 6.07 Å². The molecular formula is C7H11NO3S. The van der Waals surface area contributed by atoms with E-state index < -0.39 is 10.0 Å².